The normalized spacial score (nSPS) is 28.9. The molecule has 6 heteroatoms. The molecule has 0 spiro atoms. The molecule has 1 amide bonds. The number of hydrogen-bond acceptors (Lipinski definition) is 4. The molecule has 0 radical (unpaired) electrons. The number of amides is 1. The maximum atomic E-state index is 10.7. The summed E-state index contributed by atoms with van der Waals surface area (Å²) in [5.74, 6) is -0.778. The molecule has 1 saturated heterocycles. The van der Waals surface area contributed by atoms with Gasteiger partial charge < -0.3 is 11.1 Å². The highest BCUT2D eigenvalue weighted by Crippen LogP contribution is 2.08. The molecule has 1 aliphatic heterocycles. The van der Waals surface area contributed by atoms with Crippen molar-refractivity contribution in [3.05, 3.63) is 0 Å². The molecule has 2 atom stereocenters. The van der Waals surface area contributed by atoms with E-state index in [1.54, 1.807) is 6.92 Å². The second kappa shape index (κ2) is 3.24. The largest absolute Gasteiger partial charge is 0.368 e. The van der Waals surface area contributed by atoms with Crippen LogP contribution in [0.2, 0.25) is 0 Å². The van der Waals surface area contributed by atoms with Crippen LogP contribution in [0.3, 0.4) is 0 Å². The highest BCUT2D eigenvalue weighted by atomic mass is 32.2. The number of nitrogens with one attached hydrogen (secondary N) is 1. The first kappa shape index (κ1) is 9.21. The third-order valence-electron chi connectivity index (χ3n) is 1.88. The Morgan fingerprint density at radius 2 is 2.25 bits per heavy atom. The summed E-state index contributed by atoms with van der Waals surface area (Å²) in [6, 6.07) is -0.807. The monoisotopic (exact) mass is 190 g/mol. The number of carbonyl (C=O) groups excluding carboxylic acids is 1. The number of hydrogen-bond donors (Lipinski definition) is 2. The first-order valence-electron chi connectivity index (χ1n) is 3.52. The van der Waals surface area contributed by atoms with E-state index in [9.17, 15) is 13.2 Å². The quantitative estimate of drug-likeness (QED) is 0.474. The molecule has 0 aliphatic carbocycles. The number of nitrogens with two attached hydrogens (primary N) is 1. The van der Waals surface area contributed by atoms with Crippen LogP contribution in [-0.2, 0) is 15.1 Å². The molecule has 68 valence electrons. The van der Waals surface area contributed by atoms with Gasteiger partial charge in [-0.05, 0) is 0 Å². The lowest BCUT2D eigenvalue weighted by atomic mass is 10.1. The van der Waals surface area contributed by atoms with E-state index < -0.39 is 22.2 Å². The molecule has 0 aromatic heterocycles. The van der Waals surface area contributed by atoms with E-state index in [1.807, 2.05) is 0 Å². The summed E-state index contributed by atoms with van der Waals surface area (Å²) >= 11 is 0. The number of primary amides is 1. The Kier molecular flexibility index (Phi) is 2.49. The SMILES string of the molecule is CC1CNC(C(N)=O)C1=S(=O)=O. The molecule has 0 saturated carbocycles. The Morgan fingerprint density at radius 3 is 2.58 bits per heavy atom. The van der Waals surface area contributed by atoms with E-state index in [0.717, 1.165) is 0 Å². The van der Waals surface area contributed by atoms with Crippen LogP contribution in [0.15, 0.2) is 0 Å². The van der Waals surface area contributed by atoms with Crippen molar-refractivity contribution in [3.63, 3.8) is 0 Å². The highest BCUT2D eigenvalue weighted by molar-refractivity contribution is 7.73. The van der Waals surface area contributed by atoms with Crippen LogP contribution in [0.4, 0.5) is 0 Å². The molecule has 1 fully saturated rings. The fourth-order valence-electron chi connectivity index (χ4n) is 1.28. The minimum atomic E-state index is -2.32. The Bertz CT molecular complexity index is 325. The second-order valence-corrected chi connectivity index (χ2v) is 3.72. The summed E-state index contributed by atoms with van der Waals surface area (Å²) in [7, 11) is -2.32. The van der Waals surface area contributed by atoms with Gasteiger partial charge in [0.25, 0.3) is 0 Å². The van der Waals surface area contributed by atoms with Gasteiger partial charge in [0.05, 0.1) is 4.86 Å². The van der Waals surface area contributed by atoms with Gasteiger partial charge in [-0.3, -0.25) is 4.79 Å². The summed E-state index contributed by atoms with van der Waals surface area (Å²) in [6.45, 7) is 2.22. The summed E-state index contributed by atoms with van der Waals surface area (Å²) in [5.41, 5.74) is 4.99. The van der Waals surface area contributed by atoms with E-state index >= 15 is 0 Å². The Hall–Kier alpha value is -0.880. The zero-order chi connectivity index (χ0) is 9.30. The van der Waals surface area contributed by atoms with Crippen LogP contribution >= 0.6 is 0 Å². The predicted octanol–water partition coefficient (Wildman–Crippen LogP) is -1.87. The molecule has 5 nitrogen and oxygen atoms in total. The molecular formula is C6H10N2O3S. The standard InChI is InChI=1S/C6H10N2O3S/c1-3-2-8-4(6(7)9)5(3)12(10)11/h3-4,8H,2H2,1H3,(H2,7,9). The minimum Gasteiger partial charge on any atom is -0.368 e. The molecule has 0 aromatic rings. The summed E-state index contributed by atoms with van der Waals surface area (Å²) in [6.07, 6.45) is 0. The zero-order valence-corrected chi connectivity index (χ0v) is 7.39. The predicted molar refractivity (Wildman–Crippen MR) is 44.1 cm³/mol. The number of rotatable bonds is 1. The van der Waals surface area contributed by atoms with Gasteiger partial charge in [0.2, 0.25) is 16.2 Å². The molecule has 1 rings (SSSR count). The second-order valence-electron chi connectivity index (χ2n) is 2.78. The van der Waals surface area contributed by atoms with E-state index in [-0.39, 0.29) is 10.8 Å². The van der Waals surface area contributed by atoms with Gasteiger partial charge in [0.15, 0.2) is 0 Å². The van der Waals surface area contributed by atoms with Crippen LogP contribution in [0.5, 0.6) is 0 Å². The van der Waals surface area contributed by atoms with Crippen molar-refractivity contribution in [2.45, 2.75) is 13.0 Å². The lowest BCUT2D eigenvalue weighted by molar-refractivity contribution is -0.118. The van der Waals surface area contributed by atoms with E-state index in [2.05, 4.69) is 5.32 Å². The zero-order valence-electron chi connectivity index (χ0n) is 6.57. The summed E-state index contributed by atoms with van der Waals surface area (Å²) < 4.78 is 21.3. The van der Waals surface area contributed by atoms with Gasteiger partial charge in [0, 0.05) is 12.5 Å². The maximum Gasteiger partial charge on any atom is 0.239 e. The molecule has 0 aromatic carbocycles. The Morgan fingerprint density at radius 1 is 1.67 bits per heavy atom. The summed E-state index contributed by atoms with van der Waals surface area (Å²) in [4.78, 5) is 10.9. The Labute approximate surface area is 71.5 Å². The van der Waals surface area contributed by atoms with Gasteiger partial charge in [-0.15, -0.1) is 0 Å². The van der Waals surface area contributed by atoms with E-state index in [1.165, 1.54) is 0 Å². The van der Waals surface area contributed by atoms with Crippen molar-refractivity contribution in [1.29, 1.82) is 0 Å². The highest BCUT2D eigenvalue weighted by Gasteiger charge is 2.33. The van der Waals surface area contributed by atoms with Gasteiger partial charge in [-0.25, -0.2) is 0 Å². The van der Waals surface area contributed by atoms with Crippen LogP contribution in [0.25, 0.3) is 0 Å². The van der Waals surface area contributed by atoms with Crippen LogP contribution in [0, 0.1) is 5.92 Å². The average Bonchev–Trinajstić information content (AvgIpc) is 2.30. The van der Waals surface area contributed by atoms with Crippen molar-refractivity contribution >= 4 is 21.1 Å². The molecule has 1 aliphatic rings. The van der Waals surface area contributed by atoms with Crippen LogP contribution in [0.1, 0.15) is 6.92 Å². The van der Waals surface area contributed by atoms with Crippen LogP contribution < -0.4 is 11.1 Å². The van der Waals surface area contributed by atoms with Gasteiger partial charge >= 0.3 is 0 Å². The fraction of sp³-hybridized carbons (Fsp3) is 0.667. The molecule has 12 heavy (non-hydrogen) atoms. The molecular weight excluding hydrogens is 180 g/mol. The Balaban J connectivity index is 3.10. The van der Waals surface area contributed by atoms with E-state index in [4.69, 9.17) is 5.73 Å². The first-order valence-corrected chi connectivity index (χ1v) is 4.60. The molecule has 0 bridgehead atoms. The lowest BCUT2D eigenvalue weighted by Gasteiger charge is -2.03. The smallest absolute Gasteiger partial charge is 0.239 e. The third kappa shape index (κ3) is 1.49. The van der Waals surface area contributed by atoms with E-state index in [0.29, 0.717) is 6.54 Å². The molecule has 1 heterocycles. The average molecular weight is 190 g/mol. The van der Waals surface area contributed by atoms with Crippen LogP contribution in [-0.4, -0.2) is 31.8 Å². The summed E-state index contributed by atoms with van der Waals surface area (Å²) in [5, 5.41) is 2.73. The van der Waals surface area contributed by atoms with Crippen molar-refractivity contribution in [1.82, 2.24) is 5.32 Å². The number of carbonyl (C=O) groups is 1. The van der Waals surface area contributed by atoms with Gasteiger partial charge in [0.1, 0.15) is 6.04 Å². The third-order valence-corrected chi connectivity index (χ3v) is 2.90. The fourth-order valence-corrected chi connectivity index (χ4v) is 2.09. The lowest BCUT2D eigenvalue weighted by Crippen LogP contribution is -2.41. The van der Waals surface area contributed by atoms with Crippen molar-refractivity contribution in [2.75, 3.05) is 6.54 Å². The first-order chi connectivity index (χ1) is 5.54. The van der Waals surface area contributed by atoms with Gasteiger partial charge in [-0.2, -0.15) is 8.42 Å². The molecule has 2 unspecified atom stereocenters. The topological polar surface area (TPSA) is 89.3 Å². The van der Waals surface area contributed by atoms with Gasteiger partial charge in [-0.1, -0.05) is 6.92 Å². The minimum absolute atomic E-state index is 0.138. The van der Waals surface area contributed by atoms with Crippen molar-refractivity contribution < 1.29 is 13.2 Å². The molecule has 3 N–H and O–H groups in total. The van der Waals surface area contributed by atoms with Crippen molar-refractivity contribution in [2.24, 2.45) is 11.7 Å². The van der Waals surface area contributed by atoms with Crippen molar-refractivity contribution in [3.8, 4) is 0 Å². The maximum absolute atomic E-state index is 10.7.